The summed E-state index contributed by atoms with van der Waals surface area (Å²) in [5, 5.41) is 13.3. The lowest BCUT2D eigenvalue weighted by atomic mass is 10.0. The Hall–Kier alpha value is -3.16. The smallest absolute Gasteiger partial charge is 0.335 e. The average Bonchev–Trinajstić information content (AvgIpc) is 2.93. The van der Waals surface area contributed by atoms with Crippen LogP contribution in [-0.4, -0.2) is 44.1 Å². The first-order valence-corrected chi connectivity index (χ1v) is 7.38. The van der Waals surface area contributed by atoms with Crippen molar-refractivity contribution in [1.29, 1.82) is 0 Å². The van der Waals surface area contributed by atoms with Gasteiger partial charge in [-0.3, -0.25) is 9.59 Å². The minimum Gasteiger partial charge on any atom is -0.478 e. The average molecular weight is 328 g/mol. The number of aromatic nitrogens is 2. The van der Waals surface area contributed by atoms with Crippen molar-refractivity contribution in [3.05, 3.63) is 46.8 Å². The van der Waals surface area contributed by atoms with E-state index >= 15 is 0 Å². The van der Waals surface area contributed by atoms with E-state index in [0.29, 0.717) is 24.2 Å². The Bertz CT molecular complexity index is 839. The first-order valence-electron chi connectivity index (χ1n) is 7.38. The van der Waals surface area contributed by atoms with Gasteiger partial charge in [0.2, 0.25) is 5.91 Å². The summed E-state index contributed by atoms with van der Waals surface area (Å²) in [4.78, 5) is 35.9. The summed E-state index contributed by atoms with van der Waals surface area (Å²) in [7, 11) is 0. The van der Waals surface area contributed by atoms with Gasteiger partial charge in [-0.2, -0.15) is 5.10 Å². The van der Waals surface area contributed by atoms with Crippen molar-refractivity contribution in [3.8, 4) is 5.69 Å². The van der Waals surface area contributed by atoms with Crippen LogP contribution in [0.5, 0.6) is 0 Å². The Balaban J connectivity index is 2.07. The molecule has 1 aromatic heterocycles. The number of carbonyl (C=O) groups is 3. The maximum absolute atomic E-state index is 11.7. The fourth-order valence-corrected chi connectivity index (χ4v) is 2.84. The number of carboxylic acid groups (broad SMARTS) is 1. The van der Waals surface area contributed by atoms with Crippen molar-refractivity contribution in [2.75, 3.05) is 6.54 Å². The zero-order valence-corrected chi connectivity index (χ0v) is 13.0. The van der Waals surface area contributed by atoms with Gasteiger partial charge < -0.3 is 15.7 Å². The number of hydrogen-bond acceptors (Lipinski definition) is 4. The summed E-state index contributed by atoms with van der Waals surface area (Å²) in [5.41, 5.74) is 7.81. The van der Waals surface area contributed by atoms with E-state index in [0.717, 1.165) is 5.69 Å². The van der Waals surface area contributed by atoms with Crippen LogP contribution in [0.4, 0.5) is 0 Å². The van der Waals surface area contributed by atoms with Gasteiger partial charge in [-0.1, -0.05) is 0 Å². The minimum atomic E-state index is -1.01. The van der Waals surface area contributed by atoms with E-state index in [2.05, 4.69) is 5.10 Å². The van der Waals surface area contributed by atoms with Crippen LogP contribution in [0.3, 0.4) is 0 Å². The zero-order chi connectivity index (χ0) is 17.4. The molecule has 0 saturated carbocycles. The van der Waals surface area contributed by atoms with Crippen LogP contribution in [0.15, 0.2) is 24.3 Å². The summed E-state index contributed by atoms with van der Waals surface area (Å²) < 4.78 is 1.60. The predicted octanol–water partition coefficient (Wildman–Crippen LogP) is 0.574. The Morgan fingerprint density at radius 3 is 2.42 bits per heavy atom. The molecule has 3 N–H and O–H groups in total. The van der Waals surface area contributed by atoms with Gasteiger partial charge in [0.25, 0.3) is 5.91 Å². The van der Waals surface area contributed by atoms with E-state index in [1.807, 2.05) is 0 Å². The van der Waals surface area contributed by atoms with Gasteiger partial charge in [0.15, 0.2) is 5.69 Å². The Labute approximate surface area is 137 Å². The molecule has 24 heavy (non-hydrogen) atoms. The summed E-state index contributed by atoms with van der Waals surface area (Å²) >= 11 is 0. The van der Waals surface area contributed by atoms with Crippen LogP contribution in [0, 0.1) is 0 Å². The molecule has 0 fully saturated rings. The van der Waals surface area contributed by atoms with E-state index in [-0.39, 0.29) is 23.7 Å². The van der Waals surface area contributed by atoms with Crippen molar-refractivity contribution in [2.24, 2.45) is 5.73 Å². The largest absolute Gasteiger partial charge is 0.478 e. The van der Waals surface area contributed by atoms with Gasteiger partial charge in [-0.25, -0.2) is 9.48 Å². The maximum Gasteiger partial charge on any atom is 0.335 e. The van der Waals surface area contributed by atoms with Crippen LogP contribution in [0.25, 0.3) is 5.69 Å². The van der Waals surface area contributed by atoms with Crippen molar-refractivity contribution in [3.63, 3.8) is 0 Å². The molecule has 0 unspecified atom stereocenters. The quantitative estimate of drug-likeness (QED) is 0.854. The highest BCUT2D eigenvalue weighted by molar-refractivity contribution is 5.93. The number of nitrogens with two attached hydrogens (primary N) is 1. The second-order valence-corrected chi connectivity index (χ2v) is 5.59. The highest BCUT2D eigenvalue weighted by atomic mass is 16.4. The molecular weight excluding hydrogens is 312 g/mol. The van der Waals surface area contributed by atoms with E-state index in [1.165, 1.54) is 19.1 Å². The number of rotatable bonds is 3. The topological polar surface area (TPSA) is 119 Å². The van der Waals surface area contributed by atoms with E-state index in [9.17, 15) is 14.4 Å². The molecule has 0 spiro atoms. The summed E-state index contributed by atoms with van der Waals surface area (Å²) in [6.45, 7) is 2.29. The van der Waals surface area contributed by atoms with E-state index < -0.39 is 11.9 Å². The third-order valence-corrected chi connectivity index (χ3v) is 4.09. The molecule has 8 nitrogen and oxygen atoms in total. The molecule has 0 atom stereocenters. The summed E-state index contributed by atoms with van der Waals surface area (Å²) in [5.74, 6) is -1.74. The van der Waals surface area contributed by atoms with Crippen LogP contribution < -0.4 is 5.73 Å². The van der Waals surface area contributed by atoms with Gasteiger partial charge in [0, 0.05) is 32.0 Å². The fourth-order valence-electron chi connectivity index (χ4n) is 2.84. The highest BCUT2D eigenvalue weighted by Crippen LogP contribution is 2.25. The number of amides is 2. The molecule has 1 aliphatic heterocycles. The lowest BCUT2D eigenvalue weighted by Gasteiger charge is -2.26. The van der Waals surface area contributed by atoms with Crippen molar-refractivity contribution in [2.45, 2.75) is 19.9 Å². The third-order valence-electron chi connectivity index (χ3n) is 4.09. The number of carbonyl (C=O) groups excluding carboxylic acids is 2. The number of benzene rings is 1. The number of primary amides is 1. The number of fused-ring (bicyclic) bond motifs is 1. The van der Waals surface area contributed by atoms with Crippen LogP contribution >= 0.6 is 0 Å². The highest BCUT2D eigenvalue weighted by Gasteiger charge is 2.28. The van der Waals surface area contributed by atoms with Crippen molar-refractivity contribution in [1.82, 2.24) is 14.7 Å². The minimum absolute atomic E-state index is 0.0744. The molecule has 0 aliphatic carbocycles. The van der Waals surface area contributed by atoms with E-state index in [4.69, 9.17) is 10.8 Å². The third kappa shape index (κ3) is 2.62. The van der Waals surface area contributed by atoms with Crippen molar-refractivity contribution < 1.29 is 19.5 Å². The molecule has 0 bridgehead atoms. The SMILES string of the molecule is CC(=O)N1CCc2c(c(C(N)=O)nn2-c2ccc(C(=O)O)cc2)C1. The molecular formula is C16H16N4O4. The molecule has 2 amide bonds. The molecule has 1 aliphatic rings. The fraction of sp³-hybridized carbons (Fsp3) is 0.250. The Morgan fingerprint density at radius 2 is 1.88 bits per heavy atom. The Morgan fingerprint density at radius 1 is 1.21 bits per heavy atom. The van der Waals surface area contributed by atoms with Crippen LogP contribution in [0.2, 0.25) is 0 Å². The summed E-state index contributed by atoms with van der Waals surface area (Å²) in [6.07, 6.45) is 0.538. The second kappa shape index (κ2) is 5.80. The Kier molecular flexibility index (Phi) is 3.80. The van der Waals surface area contributed by atoms with E-state index in [1.54, 1.807) is 21.7 Å². The van der Waals surface area contributed by atoms with Crippen LogP contribution in [0.1, 0.15) is 39.0 Å². The zero-order valence-electron chi connectivity index (χ0n) is 13.0. The normalized spacial score (nSPS) is 13.5. The molecule has 124 valence electrons. The lowest BCUT2D eigenvalue weighted by molar-refractivity contribution is -0.129. The van der Waals surface area contributed by atoms with Gasteiger partial charge in [0.1, 0.15) is 0 Å². The second-order valence-electron chi connectivity index (χ2n) is 5.59. The van der Waals surface area contributed by atoms with Crippen molar-refractivity contribution >= 4 is 17.8 Å². The monoisotopic (exact) mass is 328 g/mol. The lowest BCUT2D eigenvalue weighted by Crippen LogP contribution is -2.35. The number of nitrogens with zero attached hydrogens (tertiary/aromatic N) is 3. The molecule has 0 radical (unpaired) electrons. The van der Waals surface area contributed by atoms with Gasteiger partial charge in [-0.05, 0) is 24.3 Å². The number of carboxylic acids is 1. The molecule has 2 aromatic rings. The van der Waals surface area contributed by atoms with Gasteiger partial charge in [0.05, 0.1) is 16.9 Å². The predicted molar refractivity (Wildman–Crippen MR) is 83.8 cm³/mol. The molecule has 1 aromatic carbocycles. The maximum atomic E-state index is 11.7. The standard InChI is InChI=1S/C16H16N4O4/c1-9(21)19-7-6-13-12(8-19)14(15(17)22)18-20(13)11-4-2-10(3-5-11)16(23)24/h2-5H,6-8H2,1H3,(H2,17,22)(H,23,24). The number of aromatic carboxylic acids is 1. The molecule has 2 heterocycles. The first-order chi connectivity index (χ1) is 11.4. The summed E-state index contributed by atoms with van der Waals surface area (Å²) in [6, 6.07) is 6.19. The molecule has 3 rings (SSSR count). The molecule has 8 heteroatoms. The van der Waals surface area contributed by atoms with Gasteiger partial charge in [-0.15, -0.1) is 0 Å². The number of hydrogen-bond donors (Lipinski definition) is 2. The first kappa shape index (κ1) is 15.7. The van der Waals surface area contributed by atoms with Crippen LogP contribution in [-0.2, 0) is 17.8 Å². The molecule has 0 saturated heterocycles. The van der Waals surface area contributed by atoms with Gasteiger partial charge >= 0.3 is 5.97 Å².